The molecule has 0 unspecified atom stereocenters. The molecule has 0 atom stereocenters. The third-order valence-electron chi connectivity index (χ3n) is 5.89. The molecule has 2 fully saturated rings. The van der Waals surface area contributed by atoms with Crippen molar-refractivity contribution < 1.29 is 12.8 Å². The number of piperidine rings is 1. The van der Waals surface area contributed by atoms with E-state index >= 15 is 0 Å². The van der Waals surface area contributed by atoms with Crippen molar-refractivity contribution in [2.24, 2.45) is 0 Å². The van der Waals surface area contributed by atoms with Gasteiger partial charge in [-0.05, 0) is 43.2 Å². The van der Waals surface area contributed by atoms with Crippen molar-refractivity contribution in [2.75, 3.05) is 30.3 Å². The number of hydrogen-bond acceptors (Lipinski definition) is 6. The molecule has 2 aromatic carbocycles. The molecule has 0 bridgehead atoms. The fourth-order valence-corrected chi connectivity index (χ4v) is 8.14. The van der Waals surface area contributed by atoms with E-state index in [1.54, 1.807) is 18.0 Å². The summed E-state index contributed by atoms with van der Waals surface area (Å²) in [6, 6.07) is 11.4. The normalized spacial score (nSPS) is 19.4. The molecule has 0 N–H and O–H groups in total. The van der Waals surface area contributed by atoms with Gasteiger partial charge in [-0.15, -0.1) is 11.8 Å². The first-order chi connectivity index (χ1) is 14.9. The molecule has 0 saturated carbocycles. The molecule has 2 saturated heterocycles. The van der Waals surface area contributed by atoms with E-state index in [4.69, 9.17) is 16.6 Å². The van der Waals surface area contributed by atoms with Gasteiger partial charge in [0.15, 0.2) is 0 Å². The zero-order valence-electron chi connectivity index (χ0n) is 16.5. The van der Waals surface area contributed by atoms with E-state index in [9.17, 15) is 12.8 Å². The third kappa shape index (κ3) is 3.67. The fraction of sp³-hybridized carbons (Fsp3) is 0.333. The molecule has 0 aliphatic carbocycles. The summed E-state index contributed by atoms with van der Waals surface area (Å²) in [5.74, 6) is 0.655. The molecule has 5 rings (SSSR count). The summed E-state index contributed by atoms with van der Waals surface area (Å²) >= 11 is 7.45. The van der Waals surface area contributed by atoms with Gasteiger partial charge in [0.25, 0.3) is 0 Å². The van der Waals surface area contributed by atoms with E-state index in [1.807, 2.05) is 24.3 Å². The molecule has 2 aliphatic rings. The number of anilines is 1. The van der Waals surface area contributed by atoms with Crippen LogP contribution in [0.4, 0.5) is 10.2 Å². The Morgan fingerprint density at radius 1 is 1.06 bits per heavy atom. The minimum Gasteiger partial charge on any atom is -0.355 e. The van der Waals surface area contributed by atoms with Crippen molar-refractivity contribution in [1.82, 2.24) is 14.3 Å². The predicted octanol–water partition coefficient (Wildman–Crippen LogP) is 4.16. The van der Waals surface area contributed by atoms with Crippen LogP contribution in [0.1, 0.15) is 12.8 Å². The molecule has 0 amide bonds. The highest BCUT2D eigenvalue weighted by Gasteiger charge is 2.50. The van der Waals surface area contributed by atoms with Gasteiger partial charge in [0.1, 0.15) is 16.5 Å². The van der Waals surface area contributed by atoms with Crippen LogP contribution in [0.15, 0.2) is 53.6 Å². The lowest BCUT2D eigenvalue weighted by atomic mass is 10.0. The molecular weight excluding hydrogens is 459 g/mol. The zero-order chi connectivity index (χ0) is 21.6. The number of benzene rings is 2. The molecule has 31 heavy (non-hydrogen) atoms. The molecule has 6 nitrogen and oxygen atoms in total. The van der Waals surface area contributed by atoms with Gasteiger partial charge in [-0.25, -0.2) is 17.8 Å². The SMILES string of the molecule is O=S(=O)(c1ccc(Cl)cc1F)N1CCSC12CCN(c1cnc3ccccc3n1)CC2. The zero-order valence-corrected chi connectivity index (χ0v) is 18.9. The molecule has 3 aromatic rings. The fourth-order valence-electron chi connectivity index (χ4n) is 4.32. The molecular formula is C21H20ClFN4O2S2. The van der Waals surface area contributed by atoms with Crippen molar-refractivity contribution in [3.05, 3.63) is 59.5 Å². The number of halogens is 2. The average molecular weight is 479 g/mol. The number of thioether (sulfide) groups is 1. The Morgan fingerprint density at radius 3 is 2.55 bits per heavy atom. The van der Waals surface area contributed by atoms with E-state index < -0.39 is 20.7 Å². The van der Waals surface area contributed by atoms with Gasteiger partial charge in [0.2, 0.25) is 10.0 Å². The molecule has 10 heteroatoms. The Hall–Kier alpha value is -1.94. The first-order valence-electron chi connectivity index (χ1n) is 9.98. The Balaban J connectivity index is 1.39. The minimum atomic E-state index is -3.97. The summed E-state index contributed by atoms with van der Waals surface area (Å²) in [5.41, 5.74) is 1.67. The van der Waals surface area contributed by atoms with Gasteiger partial charge >= 0.3 is 0 Å². The lowest BCUT2D eigenvalue weighted by molar-refractivity contribution is 0.265. The van der Waals surface area contributed by atoms with Crippen LogP contribution in [0.25, 0.3) is 11.0 Å². The summed E-state index contributed by atoms with van der Waals surface area (Å²) in [6.45, 7) is 1.66. The van der Waals surface area contributed by atoms with E-state index in [0.29, 0.717) is 38.2 Å². The summed E-state index contributed by atoms with van der Waals surface area (Å²) < 4.78 is 42.6. The van der Waals surface area contributed by atoms with Crippen molar-refractivity contribution in [3.8, 4) is 0 Å². The summed E-state index contributed by atoms with van der Waals surface area (Å²) in [4.78, 5) is 10.4. The second-order valence-electron chi connectivity index (χ2n) is 7.65. The van der Waals surface area contributed by atoms with E-state index in [2.05, 4.69) is 9.88 Å². The lowest BCUT2D eigenvalue weighted by Gasteiger charge is -2.43. The van der Waals surface area contributed by atoms with Gasteiger partial charge in [-0.3, -0.25) is 4.98 Å². The molecule has 1 aromatic heterocycles. The first kappa shape index (κ1) is 20.9. The van der Waals surface area contributed by atoms with Gasteiger partial charge in [-0.1, -0.05) is 23.7 Å². The number of rotatable bonds is 3. The number of aromatic nitrogens is 2. The molecule has 3 heterocycles. The molecule has 2 aliphatic heterocycles. The molecule has 162 valence electrons. The smallest absolute Gasteiger partial charge is 0.247 e. The Labute approximate surface area is 189 Å². The predicted molar refractivity (Wildman–Crippen MR) is 121 cm³/mol. The van der Waals surface area contributed by atoms with Crippen LogP contribution in [0, 0.1) is 5.82 Å². The van der Waals surface area contributed by atoms with Crippen LogP contribution in [0.3, 0.4) is 0 Å². The quantitative estimate of drug-likeness (QED) is 0.563. The first-order valence-corrected chi connectivity index (χ1v) is 12.8. The van der Waals surface area contributed by atoms with Crippen LogP contribution in [0.2, 0.25) is 5.02 Å². The van der Waals surface area contributed by atoms with Crippen molar-refractivity contribution in [2.45, 2.75) is 22.6 Å². The van der Waals surface area contributed by atoms with Gasteiger partial charge in [-0.2, -0.15) is 4.31 Å². The number of nitrogens with zero attached hydrogens (tertiary/aromatic N) is 4. The van der Waals surface area contributed by atoms with E-state index in [-0.39, 0.29) is 9.92 Å². The largest absolute Gasteiger partial charge is 0.355 e. The van der Waals surface area contributed by atoms with E-state index in [0.717, 1.165) is 22.9 Å². The highest BCUT2D eigenvalue weighted by atomic mass is 35.5. The molecule has 1 spiro atoms. The summed E-state index contributed by atoms with van der Waals surface area (Å²) in [5, 5.41) is 0.173. The third-order valence-corrected chi connectivity index (χ3v) is 9.79. The number of fused-ring (bicyclic) bond motifs is 1. The average Bonchev–Trinajstić information content (AvgIpc) is 3.17. The Morgan fingerprint density at radius 2 is 1.81 bits per heavy atom. The van der Waals surface area contributed by atoms with Crippen molar-refractivity contribution >= 4 is 50.2 Å². The number of sulfonamides is 1. The van der Waals surface area contributed by atoms with Crippen molar-refractivity contribution in [3.63, 3.8) is 0 Å². The summed E-state index contributed by atoms with van der Waals surface area (Å²) in [7, 11) is -3.97. The van der Waals surface area contributed by atoms with Crippen LogP contribution < -0.4 is 4.90 Å². The molecule has 0 radical (unpaired) electrons. The van der Waals surface area contributed by atoms with Gasteiger partial charge < -0.3 is 4.90 Å². The standard InChI is InChI=1S/C21H20ClFN4O2S2/c22-15-5-6-19(16(23)13-15)31(28,29)27-11-12-30-21(27)7-9-26(10-8-21)20-14-24-17-3-1-2-4-18(17)25-20/h1-6,13-14H,7-12H2. The van der Waals surface area contributed by atoms with Crippen LogP contribution >= 0.6 is 23.4 Å². The monoisotopic (exact) mass is 478 g/mol. The highest BCUT2D eigenvalue weighted by Crippen LogP contribution is 2.47. The Bertz CT molecular complexity index is 1250. The lowest BCUT2D eigenvalue weighted by Crippen LogP contribution is -2.52. The second kappa shape index (κ2) is 7.88. The van der Waals surface area contributed by atoms with Gasteiger partial charge in [0, 0.05) is 30.4 Å². The van der Waals surface area contributed by atoms with Crippen LogP contribution in [-0.4, -0.2) is 52.9 Å². The van der Waals surface area contributed by atoms with Crippen LogP contribution in [-0.2, 0) is 10.0 Å². The minimum absolute atomic E-state index is 0.173. The second-order valence-corrected chi connectivity index (χ2v) is 11.4. The van der Waals surface area contributed by atoms with Crippen molar-refractivity contribution in [1.29, 1.82) is 0 Å². The maximum atomic E-state index is 14.4. The topological polar surface area (TPSA) is 66.4 Å². The maximum Gasteiger partial charge on any atom is 0.247 e. The van der Waals surface area contributed by atoms with E-state index in [1.165, 1.54) is 16.4 Å². The highest BCUT2D eigenvalue weighted by molar-refractivity contribution is 8.02. The number of para-hydroxylation sites is 2. The van der Waals surface area contributed by atoms with Gasteiger partial charge in [0.05, 0.1) is 22.1 Å². The number of hydrogen-bond donors (Lipinski definition) is 0. The maximum absolute atomic E-state index is 14.4. The van der Waals surface area contributed by atoms with Crippen LogP contribution in [0.5, 0.6) is 0 Å². The Kier molecular flexibility index (Phi) is 5.32. The summed E-state index contributed by atoms with van der Waals surface area (Å²) in [6.07, 6.45) is 3.01.